The zero-order chi connectivity index (χ0) is 14.5. The molecule has 1 aliphatic heterocycles. The predicted molar refractivity (Wildman–Crippen MR) is 91.2 cm³/mol. The van der Waals surface area contributed by atoms with Crippen LogP contribution >= 0.6 is 0 Å². The molecular formula is C19H15N3. The van der Waals surface area contributed by atoms with Crippen LogP contribution in [0.25, 0.3) is 21.8 Å². The van der Waals surface area contributed by atoms with Gasteiger partial charge in [-0.3, -0.25) is 5.01 Å². The summed E-state index contributed by atoms with van der Waals surface area (Å²) in [6.45, 7) is 0.851. The summed E-state index contributed by atoms with van der Waals surface area (Å²) in [5, 5.41) is 4.81. The van der Waals surface area contributed by atoms with Gasteiger partial charge >= 0.3 is 0 Å². The van der Waals surface area contributed by atoms with E-state index in [1.54, 1.807) is 0 Å². The Labute approximate surface area is 128 Å². The second-order valence-corrected chi connectivity index (χ2v) is 5.66. The Kier molecular flexibility index (Phi) is 2.34. The van der Waals surface area contributed by atoms with Gasteiger partial charge in [-0.15, -0.1) is 0 Å². The first-order chi connectivity index (χ1) is 10.9. The quantitative estimate of drug-likeness (QED) is 0.540. The fourth-order valence-corrected chi connectivity index (χ4v) is 3.44. The van der Waals surface area contributed by atoms with Crippen molar-refractivity contribution in [1.82, 2.24) is 10.4 Å². The first-order valence-corrected chi connectivity index (χ1v) is 7.53. The number of para-hydroxylation sites is 2. The van der Waals surface area contributed by atoms with E-state index in [4.69, 9.17) is 0 Å². The molecule has 0 radical (unpaired) electrons. The summed E-state index contributed by atoms with van der Waals surface area (Å²) in [6, 6.07) is 23.3. The summed E-state index contributed by atoms with van der Waals surface area (Å²) >= 11 is 0. The molecule has 1 aromatic heterocycles. The minimum atomic E-state index is 0.851. The standard InChI is InChI=1S/C19H15N3/c1-2-6-13(7-3-1)22-18-11-10-17-19(15(18)12-20-22)14-8-4-5-9-16(14)21-17/h1-11,20-21H,12H2. The highest BCUT2D eigenvalue weighted by Gasteiger charge is 2.23. The van der Waals surface area contributed by atoms with E-state index in [1.807, 2.05) is 6.07 Å². The highest BCUT2D eigenvalue weighted by molar-refractivity contribution is 6.11. The van der Waals surface area contributed by atoms with Gasteiger partial charge in [0, 0.05) is 33.9 Å². The number of anilines is 2. The lowest BCUT2D eigenvalue weighted by molar-refractivity contribution is 0.767. The van der Waals surface area contributed by atoms with Crippen LogP contribution in [0.15, 0.2) is 66.7 Å². The van der Waals surface area contributed by atoms with E-state index in [0.29, 0.717) is 0 Å². The molecule has 22 heavy (non-hydrogen) atoms. The fraction of sp³-hybridized carbons (Fsp3) is 0.0526. The van der Waals surface area contributed by atoms with Crippen LogP contribution in [-0.4, -0.2) is 4.98 Å². The average molecular weight is 285 g/mol. The number of fused-ring (bicyclic) bond motifs is 5. The van der Waals surface area contributed by atoms with Gasteiger partial charge in [-0.25, -0.2) is 5.43 Å². The highest BCUT2D eigenvalue weighted by atomic mass is 15.5. The van der Waals surface area contributed by atoms with Crippen LogP contribution < -0.4 is 10.4 Å². The van der Waals surface area contributed by atoms with Gasteiger partial charge in [0.25, 0.3) is 0 Å². The van der Waals surface area contributed by atoms with Crippen LogP contribution in [0.5, 0.6) is 0 Å². The van der Waals surface area contributed by atoms with Crippen molar-refractivity contribution in [3.63, 3.8) is 0 Å². The third-order valence-corrected chi connectivity index (χ3v) is 4.42. The van der Waals surface area contributed by atoms with Crippen molar-refractivity contribution in [2.45, 2.75) is 6.54 Å². The zero-order valence-electron chi connectivity index (χ0n) is 12.0. The molecule has 3 aromatic carbocycles. The van der Waals surface area contributed by atoms with E-state index >= 15 is 0 Å². The molecule has 3 heteroatoms. The Hall–Kier alpha value is -2.78. The average Bonchev–Trinajstić information content (AvgIpc) is 3.16. The van der Waals surface area contributed by atoms with Crippen LogP contribution in [0, 0.1) is 0 Å². The Bertz CT molecular complexity index is 986. The number of benzene rings is 3. The van der Waals surface area contributed by atoms with Gasteiger partial charge in [0.05, 0.1) is 11.4 Å². The predicted octanol–water partition coefficient (Wildman–Crippen LogP) is 4.48. The summed E-state index contributed by atoms with van der Waals surface area (Å²) in [6.07, 6.45) is 0. The van der Waals surface area contributed by atoms with Crippen molar-refractivity contribution in [2.24, 2.45) is 0 Å². The normalized spacial score (nSPS) is 13.9. The van der Waals surface area contributed by atoms with Crippen LogP contribution in [0.1, 0.15) is 5.56 Å². The fourth-order valence-electron chi connectivity index (χ4n) is 3.44. The molecule has 0 bridgehead atoms. The van der Waals surface area contributed by atoms with E-state index in [9.17, 15) is 0 Å². The first-order valence-electron chi connectivity index (χ1n) is 7.53. The van der Waals surface area contributed by atoms with Gasteiger partial charge in [0.2, 0.25) is 0 Å². The topological polar surface area (TPSA) is 31.1 Å². The molecule has 0 unspecified atom stereocenters. The SMILES string of the molecule is c1ccc(N2NCc3c2ccc2[nH]c4ccccc4c32)cc1. The van der Waals surface area contributed by atoms with Crippen molar-refractivity contribution >= 4 is 33.2 Å². The van der Waals surface area contributed by atoms with Crippen molar-refractivity contribution < 1.29 is 0 Å². The van der Waals surface area contributed by atoms with E-state index in [0.717, 1.165) is 6.54 Å². The van der Waals surface area contributed by atoms with Gasteiger partial charge in [-0.2, -0.15) is 0 Å². The number of aromatic nitrogens is 1. The molecule has 0 atom stereocenters. The number of hydrogen-bond donors (Lipinski definition) is 2. The van der Waals surface area contributed by atoms with Crippen LogP contribution in [0.4, 0.5) is 11.4 Å². The maximum atomic E-state index is 3.52. The molecule has 0 fully saturated rings. The molecule has 0 saturated carbocycles. The minimum Gasteiger partial charge on any atom is -0.354 e. The van der Waals surface area contributed by atoms with Crippen molar-refractivity contribution in [2.75, 3.05) is 5.01 Å². The van der Waals surface area contributed by atoms with Crippen LogP contribution in [0.2, 0.25) is 0 Å². The van der Waals surface area contributed by atoms with Crippen LogP contribution in [-0.2, 0) is 6.54 Å². The maximum Gasteiger partial charge on any atom is 0.0631 e. The summed E-state index contributed by atoms with van der Waals surface area (Å²) in [7, 11) is 0. The Morgan fingerprint density at radius 3 is 2.50 bits per heavy atom. The first kappa shape index (κ1) is 11.8. The number of rotatable bonds is 1. The highest BCUT2D eigenvalue weighted by Crippen LogP contribution is 2.39. The lowest BCUT2D eigenvalue weighted by Gasteiger charge is -2.19. The lowest BCUT2D eigenvalue weighted by Crippen LogP contribution is -2.26. The Morgan fingerprint density at radius 1 is 0.773 bits per heavy atom. The lowest BCUT2D eigenvalue weighted by atomic mass is 10.0. The number of aromatic amines is 1. The van der Waals surface area contributed by atoms with Crippen molar-refractivity contribution in [3.05, 3.63) is 72.3 Å². The molecule has 2 heterocycles. The molecule has 0 aliphatic carbocycles. The van der Waals surface area contributed by atoms with Crippen molar-refractivity contribution in [3.8, 4) is 0 Å². The molecule has 106 valence electrons. The van der Waals surface area contributed by atoms with Crippen molar-refractivity contribution in [1.29, 1.82) is 0 Å². The molecule has 0 saturated heterocycles. The molecule has 2 N–H and O–H groups in total. The van der Waals surface area contributed by atoms with E-state index in [2.05, 4.69) is 76.1 Å². The molecule has 3 nitrogen and oxygen atoms in total. The Balaban J connectivity index is 1.79. The van der Waals surface area contributed by atoms with Gasteiger partial charge < -0.3 is 4.98 Å². The smallest absolute Gasteiger partial charge is 0.0631 e. The number of hydrazine groups is 1. The third kappa shape index (κ3) is 1.54. The zero-order valence-corrected chi connectivity index (χ0v) is 12.0. The third-order valence-electron chi connectivity index (χ3n) is 4.42. The van der Waals surface area contributed by atoms with Crippen LogP contribution in [0.3, 0.4) is 0 Å². The van der Waals surface area contributed by atoms with E-state index < -0.39 is 0 Å². The molecule has 0 spiro atoms. The number of nitrogens with one attached hydrogen (secondary N) is 2. The van der Waals surface area contributed by atoms with E-state index in [1.165, 1.54) is 38.7 Å². The minimum absolute atomic E-state index is 0.851. The largest absolute Gasteiger partial charge is 0.354 e. The molecule has 5 rings (SSSR count). The second-order valence-electron chi connectivity index (χ2n) is 5.66. The Morgan fingerprint density at radius 2 is 1.59 bits per heavy atom. The molecule has 0 amide bonds. The summed E-state index contributed by atoms with van der Waals surface area (Å²) in [5.41, 5.74) is 9.67. The molecule has 1 aliphatic rings. The van der Waals surface area contributed by atoms with E-state index in [-0.39, 0.29) is 0 Å². The summed E-state index contributed by atoms with van der Waals surface area (Å²) in [5.74, 6) is 0. The summed E-state index contributed by atoms with van der Waals surface area (Å²) in [4.78, 5) is 3.52. The summed E-state index contributed by atoms with van der Waals surface area (Å²) < 4.78 is 0. The van der Waals surface area contributed by atoms with Gasteiger partial charge in [0.15, 0.2) is 0 Å². The maximum absolute atomic E-state index is 3.52. The molecule has 4 aromatic rings. The van der Waals surface area contributed by atoms with Gasteiger partial charge in [-0.1, -0.05) is 36.4 Å². The monoisotopic (exact) mass is 285 g/mol. The second kappa shape index (κ2) is 4.36. The van der Waals surface area contributed by atoms with Gasteiger partial charge in [-0.05, 0) is 30.3 Å². The number of H-pyrrole nitrogens is 1. The number of nitrogens with zero attached hydrogens (tertiary/aromatic N) is 1. The molecular weight excluding hydrogens is 270 g/mol. The number of hydrogen-bond acceptors (Lipinski definition) is 2. The van der Waals surface area contributed by atoms with Gasteiger partial charge in [0.1, 0.15) is 0 Å².